The third-order valence-electron chi connectivity index (χ3n) is 5.54. The van der Waals surface area contributed by atoms with E-state index in [0.29, 0.717) is 24.5 Å². The van der Waals surface area contributed by atoms with Crippen molar-refractivity contribution in [2.75, 3.05) is 6.54 Å². The third-order valence-corrected chi connectivity index (χ3v) is 6.68. The van der Waals surface area contributed by atoms with Gasteiger partial charge < -0.3 is 9.32 Å². The molecule has 0 saturated heterocycles. The van der Waals surface area contributed by atoms with Gasteiger partial charge in [0, 0.05) is 40.8 Å². The van der Waals surface area contributed by atoms with Crippen LogP contribution in [0.5, 0.6) is 0 Å². The van der Waals surface area contributed by atoms with E-state index in [1.165, 1.54) is 0 Å². The van der Waals surface area contributed by atoms with Crippen molar-refractivity contribution in [3.05, 3.63) is 107 Å². The number of amides is 1. The molecule has 0 atom stereocenters. The molecule has 3 aromatic heterocycles. The van der Waals surface area contributed by atoms with Gasteiger partial charge in [-0.1, -0.05) is 54.1 Å². The zero-order valence-electron chi connectivity index (χ0n) is 17.9. The molecule has 0 bridgehead atoms. The van der Waals surface area contributed by atoms with E-state index < -0.39 is 0 Å². The van der Waals surface area contributed by atoms with Crippen LogP contribution in [0.15, 0.2) is 89.0 Å². The zero-order chi connectivity index (χ0) is 22.6. The second-order valence-electron chi connectivity index (χ2n) is 7.82. The number of aromatic nitrogens is 2. The maximum atomic E-state index is 13.1. The Hall–Kier alpha value is -3.35. The monoisotopic (exact) mass is 475 g/mol. The average molecular weight is 476 g/mol. The minimum atomic E-state index is 0.0801. The van der Waals surface area contributed by atoms with E-state index in [9.17, 15) is 4.79 Å². The van der Waals surface area contributed by atoms with Crippen LogP contribution in [-0.2, 0) is 24.2 Å². The number of furan rings is 1. The zero-order valence-corrected chi connectivity index (χ0v) is 19.4. The summed E-state index contributed by atoms with van der Waals surface area (Å²) in [6.45, 7) is 1.04. The molecule has 0 unspecified atom stereocenters. The molecule has 0 aliphatic heterocycles. The number of hydrogen-bond acceptors (Lipinski definition) is 4. The van der Waals surface area contributed by atoms with Gasteiger partial charge in [0.15, 0.2) is 4.96 Å². The molecule has 5 rings (SSSR count). The summed E-state index contributed by atoms with van der Waals surface area (Å²) in [6.07, 6.45) is 4.78. The van der Waals surface area contributed by atoms with Crippen LogP contribution < -0.4 is 0 Å². The number of carbonyl (C=O) groups excluding carboxylic acids is 1. The molecule has 5 aromatic rings. The number of thiazole rings is 1. The lowest BCUT2D eigenvalue weighted by Crippen LogP contribution is -2.33. The first-order valence-corrected chi connectivity index (χ1v) is 12.0. The standard InChI is InChI=1S/C26H22ClN3O2S/c27-21-10-8-20(9-11-21)24-17-30-22(18-33-26(30)28-24)12-13-29(16-23-7-4-14-32-23)25(31)15-19-5-2-1-3-6-19/h1-11,14,17-18H,12-13,15-16H2. The number of benzene rings is 2. The SMILES string of the molecule is O=C(Cc1ccccc1)N(CCc1csc2nc(-c3ccc(Cl)cc3)cn12)Cc1ccco1. The van der Waals surface area contributed by atoms with Crippen LogP contribution >= 0.6 is 22.9 Å². The maximum Gasteiger partial charge on any atom is 0.227 e. The van der Waals surface area contributed by atoms with Gasteiger partial charge in [0.2, 0.25) is 5.91 Å². The number of nitrogens with zero attached hydrogens (tertiary/aromatic N) is 3. The summed E-state index contributed by atoms with van der Waals surface area (Å²) in [6, 6.07) is 21.3. The number of imidazole rings is 1. The highest BCUT2D eigenvalue weighted by Crippen LogP contribution is 2.25. The predicted molar refractivity (Wildman–Crippen MR) is 131 cm³/mol. The fourth-order valence-corrected chi connectivity index (χ4v) is 4.82. The van der Waals surface area contributed by atoms with Crippen molar-refractivity contribution < 1.29 is 9.21 Å². The molecule has 7 heteroatoms. The first-order valence-electron chi connectivity index (χ1n) is 10.7. The summed E-state index contributed by atoms with van der Waals surface area (Å²) >= 11 is 7.62. The van der Waals surface area contributed by atoms with E-state index >= 15 is 0 Å². The molecule has 0 aliphatic rings. The molecule has 33 heavy (non-hydrogen) atoms. The van der Waals surface area contributed by atoms with Crippen molar-refractivity contribution in [3.8, 4) is 11.3 Å². The second kappa shape index (κ2) is 9.65. The summed E-state index contributed by atoms with van der Waals surface area (Å²) in [7, 11) is 0. The van der Waals surface area contributed by atoms with E-state index in [4.69, 9.17) is 21.0 Å². The Kier molecular flexibility index (Phi) is 6.28. The van der Waals surface area contributed by atoms with Gasteiger partial charge in [-0.2, -0.15) is 0 Å². The molecular weight excluding hydrogens is 454 g/mol. The number of carbonyl (C=O) groups is 1. The minimum absolute atomic E-state index is 0.0801. The van der Waals surface area contributed by atoms with Gasteiger partial charge in [-0.25, -0.2) is 4.98 Å². The molecule has 0 radical (unpaired) electrons. The quantitative estimate of drug-likeness (QED) is 0.271. The Labute approximate surface area is 200 Å². The number of fused-ring (bicyclic) bond motifs is 1. The highest BCUT2D eigenvalue weighted by Gasteiger charge is 2.17. The van der Waals surface area contributed by atoms with Gasteiger partial charge in [0.25, 0.3) is 0 Å². The fourth-order valence-electron chi connectivity index (χ4n) is 3.78. The van der Waals surface area contributed by atoms with Gasteiger partial charge in [-0.05, 0) is 29.8 Å². The number of halogens is 1. The Balaban J connectivity index is 1.33. The first kappa shape index (κ1) is 21.5. The summed E-state index contributed by atoms with van der Waals surface area (Å²) in [5, 5.41) is 2.82. The van der Waals surface area contributed by atoms with Crippen molar-refractivity contribution in [1.29, 1.82) is 0 Å². The Morgan fingerprint density at radius 1 is 1.06 bits per heavy atom. The number of hydrogen-bond donors (Lipinski definition) is 0. The highest BCUT2D eigenvalue weighted by atomic mass is 35.5. The maximum absolute atomic E-state index is 13.1. The van der Waals surface area contributed by atoms with Crippen LogP contribution in [0.2, 0.25) is 5.02 Å². The Bertz CT molecular complexity index is 1340. The molecule has 5 nitrogen and oxygen atoms in total. The largest absolute Gasteiger partial charge is 0.467 e. The molecule has 0 N–H and O–H groups in total. The summed E-state index contributed by atoms with van der Waals surface area (Å²) < 4.78 is 7.63. The molecule has 166 valence electrons. The van der Waals surface area contributed by atoms with Crippen LogP contribution in [-0.4, -0.2) is 26.7 Å². The molecule has 0 fully saturated rings. The Morgan fingerprint density at radius 3 is 2.64 bits per heavy atom. The van der Waals surface area contributed by atoms with Gasteiger partial charge in [-0.3, -0.25) is 9.20 Å². The van der Waals surface area contributed by atoms with Crippen LogP contribution in [0.4, 0.5) is 0 Å². The van der Waals surface area contributed by atoms with Crippen LogP contribution in [0.25, 0.3) is 16.2 Å². The smallest absolute Gasteiger partial charge is 0.227 e. The van der Waals surface area contributed by atoms with Crippen molar-refractivity contribution in [3.63, 3.8) is 0 Å². The van der Waals surface area contributed by atoms with Gasteiger partial charge in [-0.15, -0.1) is 11.3 Å². The predicted octanol–water partition coefficient (Wildman–Crippen LogP) is 6.12. The van der Waals surface area contributed by atoms with Crippen LogP contribution in [0, 0.1) is 0 Å². The average Bonchev–Trinajstić information content (AvgIpc) is 3.56. The van der Waals surface area contributed by atoms with Crippen molar-refractivity contribution >= 4 is 33.8 Å². The summed E-state index contributed by atoms with van der Waals surface area (Å²) in [5.41, 5.74) is 4.07. The van der Waals surface area contributed by atoms with Crippen molar-refractivity contribution in [2.24, 2.45) is 0 Å². The molecule has 1 amide bonds. The lowest BCUT2D eigenvalue weighted by atomic mass is 10.1. The van der Waals surface area contributed by atoms with Crippen molar-refractivity contribution in [1.82, 2.24) is 14.3 Å². The second-order valence-corrected chi connectivity index (χ2v) is 9.09. The van der Waals surface area contributed by atoms with E-state index in [2.05, 4.69) is 9.78 Å². The lowest BCUT2D eigenvalue weighted by molar-refractivity contribution is -0.131. The molecule has 3 heterocycles. The van der Waals surface area contributed by atoms with Crippen LogP contribution in [0.1, 0.15) is 17.0 Å². The number of rotatable bonds is 8. The van der Waals surface area contributed by atoms with E-state index in [0.717, 1.165) is 39.7 Å². The van der Waals surface area contributed by atoms with Crippen LogP contribution in [0.3, 0.4) is 0 Å². The topological polar surface area (TPSA) is 50.8 Å². The molecular formula is C26H22ClN3O2S. The van der Waals surface area contributed by atoms with E-state index in [1.807, 2.05) is 77.8 Å². The highest BCUT2D eigenvalue weighted by molar-refractivity contribution is 7.15. The molecule has 2 aromatic carbocycles. The normalized spacial score (nSPS) is 11.2. The van der Waals surface area contributed by atoms with Gasteiger partial charge >= 0.3 is 0 Å². The van der Waals surface area contributed by atoms with Gasteiger partial charge in [0.1, 0.15) is 5.76 Å². The van der Waals surface area contributed by atoms with E-state index in [1.54, 1.807) is 17.6 Å². The summed E-state index contributed by atoms with van der Waals surface area (Å²) in [4.78, 5) is 20.7. The first-order chi connectivity index (χ1) is 16.2. The van der Waals surface area contributed by atoms with E-state index in [-0.39, 0.29) is 5.91 Å². The van der Waals surface area contributed by atoms with Crippen molar-refractivity contribution in [2.45, 2.75) is 19.4 Å². The molecule has 0 saturated carbocycles. The lowest BCUT2D eigenvalue weighted by Gasteiger charge is -2.22. The van der Waals surface area contributed by atoms with Gasteiger partial charge in [0.05, 0.1) is 24.9 Å². The Morgan fingerprint density at radius 2 is 1.88 bits per heavy atom. The third kappa shape index (κ3) is 5.02. The molecule has 0 aliphatic carbocycles. The minimum Gasteiger partial charge on any atom is -0.467 e. The summed E-state index contributed by atoms with van der Waals surface area (Å²) in [5.74, 6) is 0.857. The molecule has 0 spiro atoms. The fraction of sp³-hybridized carbons (Fsp3) is 0.154.